The highest BCUT2D eigenvalue weighted by Crippen LogP contribution is 1.97. The van der Waals surface area contributed by atoms with Crippen LogP contribution >= 0.6 is 0 Å². The molecule has 0 bridgehead atoms. The summed E-state index contributed by atoms with van der Waals surface area (Å²) < 4.78 is 10.1. The summed E-state index contributed by atoms with van der Waals surface area (Å²) in [5.41, 5.74) is 0. The molecule has 3 heteroatoms. The summed E-state index contributed by atoms with van der Waals surface area (Å²) in [5.74, 6) is 0. The molecule has 0 N–H and O–H groups in total. The second-order valence-electron chi connectivity index (χ2n) is 1.95. The Morgan fingerprint density at radius 2 is 2.70 bits per heavy atom. The molecular formula is C7H11NO2. The molecular weight excluding hydrogens is 130 g/mol. The van der Waals surface area contributed by atoms with Gasteiger partial charge in [0.1, 0.15) is 6.61 Å². The smallest absolute Gasteiger partial charge is 0.383 e. The maximum atomic E-state index is 5.06. The molecule has 0 aromatic carbocycles. The van der Waals surface area contributed by atoms with Crippen LogP contribution in [0.1, 0.15) is 6.42 Å². The summed E-state index contributed by atoms with van der Waals surface area (Å²) in [6.07, 6.45) is 3.06. The van der Waals surface area contributed by atoms with E-state index in [0.29, 0.717) is 12.7 Å². The molecule has 0 saturated carbocycles. The Hall–Kier alpha value is -0.990. The van der Waals surface area contributed by atoms with Gasteiger partial charge >= 0.3 is 6.08 Å². The number of hydrogen-bond acceptors (Lipinski definition) is 3. The predicted octanol–water partition coefficient (Wildman–Crippen LogP) is 0.965. The lowest BCUT2D eigenvalue weighted by molar-refractivity contribution is 0.165. The largest absolute Gasteiger partial charge is 0.451 e. The molecule has 0 atom stereocenters. The zero-order valence-corrected chi connectivity index (χ0v) is 5.88. The van der Waals surface area contributed by atoms with Crippen molar-refractivity contribution in [3.05, 3.63) is 12.7 Å². The molecule has 1 aliphatic heterocycles. The average Bonchev–Trinajstić information content (AvgIpc) is 2.03. The SMILES string of the molecule is C=CCOC1=NCCCO1. The fourth-order valence-corrected chi connectivity index (χ4v) is 0.658. The van der Waals surface area contributed by atoms with Crippen LogP contribution in [-0.2, 0) is 9.47 Å². The molecule has 0 amide bonds. The Bertz CT molecular complexity index is 143. The Morgan fingerprint density at radius 1 is 1.80 bits per heavy atom. The van der Waals surface area contributed by atoms with Crippen LogP contribution in [-0.4, -0.2) is 25.8 Å². The number of nitrogens with zero attached hydrogens (tertiary/aromatic N) is 1. The van der Waals surface area contributed by atoms with Gasteiger partial charge in [-0.05, 0) is 0 Å². The number of aliphatic imine (C=N–C) groups is 1. The van der Waals surface area contributed by atoms with Crippen LogP contribution in [0.15, 0.2) is 17.6 Å². The zero-order chi connectivity index (χ0) is 7.23. The van der Waals surface area contributed by atoms with Gasteiger partial charge in [-0.2, -0.15) is 0 Å². The van der Waals surface area contributed by atoms with Crippen LogP contribution in [0.3, 0.4) is 0 Å². The van der Waals surface area contributed by atoms with E-state index < -0.39 is 0 Å². The van der Waals surface area contributed by atoms with Crippen molar-refractivity contribution in [2.75, 3.05) is 19.8 Å². The van der Waals surface area contributed by atoms with E-state index in [1.165, 1.54) is 0 Å². The Labute approximate surface area is 60.4 Å². The molecule has 0 aromatic heterocycles. The van der Waals surface area contributed by atoms with Crippen molar-refractivity contribution in [3.63, 3.8) is 0 Å². The molecule has 0 spiro atoms. The normalized spacial score (nSPS) is 17.0. The number of ether oxygens (including phenoxy) is 2. The van der Waals surface area contributed by atoms with Crippen molar-refractivity contribution < 1.29 is 9.47 Å². The fourth-order valence-electron chi connectivity index (χ4n) is 0.658. The maximum absolute atomic E-state index is 5.06. The van der Waals surface area contributed by atoms with Gasteiger partial charge in [0.25, 0.3) is 0 Å². The van der Waals surface area contributed by atoms with E-state index in [1.807, 2.05) is 0 Å². The molecule has 0 radical (unpaired) electrons. The first-order chi connectivity index (χ1) is 4.93. The molecule has 0 saturated heterocycles. The van der Waals surface area contributed by atoms with Crippen molar-refractivity contribution in [1.29, 1.82) is 0 Å². The molecule has 1 heterocycles. The molecule has 56 valence electrons. The van der Waals surface area contributed by atoms with Crippen molar-refractivity contribution in [3.8, 4) is 0 Å². The van der Waals surface area contributed by atoms with E-state index >= 15 is 0 Å². The molecule has 10 heavy (non-hydrogen) atoms. The van der Waals surface area contributed by atoms with Crippen LogP contribution in [0.2, 0.25) is 0 Å². The lowest BCUT2D eigenvalue weighted by Crippen LogP contribution is -2.16. The summed E-state index contributed by atoms with van der Waals surface area (Å²) in [6.45, 7) is 5.51. The highest BCUT2D eigenvalue weighted by Gasteiger charge is 2.04. The van der Waals surface area contributed by atoms with E-state index in [4.69, 9.17) is 9.47 Å². The summed E-state index contributed by atoms with van der Waals surface area (Å²) in [7, 11) is 0. The molecule has 3 nitrogen and oxygen atoms in total. The third kappa shape index (κ3) is 2.09. The summed E-state index contributed by atoms with van der Waals surface area (Å²) >= 11 is 0. The van der Waals surface area contributed by atoms with E-state index in [2.05, 4.69) is 11.6 Å². The molecule has 0 aromatic rings. The minimum atomic E-state index is 0.408. The van der Waals surface area contributed by atoms with Crippen molar-refractivity contribution in [2.24, 2.45) is 4.99 Å². The van der Waals surface area contributed by atoms with Crippen LogP contribution in [0.25, 0.3) is 0 Å². The number of hydrogen-bond donors (Lipinski definition) is 0. The maximum Gasteiger partial charge on any atom is 0.383 e. The first-order valence-electron chi connectivity index (χ1n) is 3.34. The molecule has 1 rings (SSSR count). The Balaban J connectivity index is 2.24. The lowest BCUT2D eigenvalue weighted by atomic mass is 10.4. The van der Waals surface area contributed by atoms with E-state index in [1.54, 1.807) is 6.08 Å². The summed E-state index contributed by atoms with van der Waals surface area (Å²) in [6, 6.07) is 0. The lowest BCUT2D eigenvalue weighted by Gasteiger charge is -2.12. The van der Waals surface area contributed by atoms with E-state index in [0.717, 1.165) is 19.6 Å². The molecule has 0 unspecified atom stereocenters. The van der Waals surface area contributed by atoms with Gasteiger partial charge in [0.15, 0.2) is 0 Å². The van der Waals surface area contributed by atoms with Gasteiger partial charge in [0, 0.05) is 13.0 Å². The van der Waals surface area contributed by atoms with Crippen molar-refractivity contribution in [1.82, 2.24) is 0 Å². The van der Waals surface area contributed by atoms with Crippen LogP contribution in [0.5, 0.6) is 0 Å². The standard InChI is InChI=1S/C7H11NO2/c1-2-5-9-7-8-4-3-6-10-7/h2H,1,3-6H2. The molecule has 0 aliphatic carbocycles. The first kappa shape index (κ1) is 7.12. The summed E-state index contributed by atoms with van der Waals surface area (Å²) in [4.78, 5) is 3.99. The van der Waals surface area contributed by atoms with Gasteiger partial charge in [-0.1, -0.05) is 12.7 Å². The second kappa shape index (κ2) is 3.93. The monoisotopic (exact) mass is 141 g/mol. The number of rotatable bonds is 2. The minimum absolute atomic E-state index is 0.408. The topological polar surface area (TPSA) is 30.8 Å². The van der Waals surface area contributed by atoms with Gasteiger partial charge in [0.2, 0.25) is 0 Å². The molecule has 1 aliphatic rings. The average molecular weight is 141 g/mol. The van der Waals surface area contributed by atoms with Gasteiger partial charge < -0.3 is 9.47 Å². The van der Waals surface area contributed by atoms with Crippen LogP contribution in [0.4, 0.5) is 0 Å². The predicted molar refractivity (Wildman–Crippen MR) is 39.0 cm³/mol. The Kier molecular flexibility index (Phi) is 2.80. The third-order valence-corrected chi connectivity index (χ3v) is 1.09. The highest BCUT2D eigenvalue weighted by molar-refractivity contribution is 5.67. The second-order valence-corrected chi connectivity index (χ2v) is 1.95. The van der Waals surface area contributed by atoms with E-state index in [9.17, 15) is 0 Å². The van der Waals surface area contributed by atoms with Gasteiger partial charge in [-0.15, -0.1) is 0 Å². The van der Waals surface area contributed by atoms with Crippen LogP contribution in [0, 0.1) is 0 Å². The van der Waals surface area contributed by atoms with Gasteiger partial charge in [0.05, 0.1) is 6.61 Å². The van der Waals surface area contributed by atoms with Crippen LogP contribution < -0.4 is 0 Å². The fraction of sp³-hybridized carbons (Fsp3) is 0.571. The Morgan fingerprint density at radius 3 is 3.30 bits per heavy atom. The minimum Gasteiger partial charge on any atom is -0.451 e. The highest BCUT2D eigenvalue weighted by atomic mass is 16.7. The van der Waals surface area contributed by atoms with Gasteiger partial charge in [-0.3, -0.25) is 0 Å². The third-order valence-electron chi connectivity index (χ3n) is 1.09. The van der Waals surface area contributed by atoms with Crippen molar-refractivity contribution >= 4 is 6.08 Å². The quantitative estimate of drug-likeness (QED) is 0.536. The van der Waals surface area contributed by atoms with Gasteiger partial charge in [-0.25, -0.2) is 4.99 Å². The van der Waals surface area contributed by atoms with Crippen molar-refractivity contribution in [2.45, 2.75) is 6.42 Å². The molecule has 0 fully saturated rings. The van der Waals surface area contributed by atoms with E-state index in [-0.39, 0.29) is 0 Å². The zero-order valence-electron chi connectivity index (χ0n) is 5.88. The first-order valence-corrected chi connectivity index (χ1v) is 3.34. The summed E-state index contributed by atoms with van der Waals surface area (Å²) in [5, 5.41) is 0.